The molecule has 3 rings (SSSR count). The standard InChI is InChI=1S/C11H21NS/c1-12-4-8-9(5-12)11-7-13(2,3)6-10(8)11/h8-11H,4-7H2,1-3H3. The first-order chi connectivity index (χ1) is 6.07. The molecule has 0 amide bonds. The maximum absolute atomic E-state index is 2.55. The molecule has 1 saturated carbocycles. The number of hydrogen-bond donors (Lipinski definition) is 0. The Morgan fingerprint density at radius 2 is 1.38 bits per heavy atom. The first-order valence-electron chi connectivity index (χ1n) is 5.44. The summed E-state index contributed by atoms with van der Waals surface area (Å²) in [4.78, 5) is 2.55. The molecule has 1 aliphatic carbocycles. The second kappa shape index (κ2) is 2.46. The van der Waals surface area contributed by atoms with Gasteiger partial charge in [-0.05, 0) is 54.7 Å². The Kier molecular flexibility index (Phi) is 1.63. The van der Waals surface area contributed by atoms with Gasteiger partial charge >= 0.3 is 0 Å². The van der Waals surface area contributed by atoms with Crippen molar-refractivity contribution in [1.82, 2.24) is 4.90 Å². The number of nitrogens with zero attached hydrogens (tertiary/aromatic N) is 1. The molecule has 0 aromatic heterocycles. The minimum Gasteiger partial charge on any atom is -0.306 e. The Labute approximate surface area is 83.2 Å². The summed E-state index contributed by atoms with van der Waals surface area (Å²) in [5.41, 5.74) is 0. The summed E-state index contributed by atoms with van der Waals surface area (Å²) >= 11 is 0. The molecule has 4 atom stereocenters. The molecule has 1 nitrogen and oxygen atoms in total. The van der Waals surface area contributed by atoms with Gasteiger partial charge in [0.05, 0.1) is 0 Å². The van der Waals surface area contributed by atoms with Gasteiger partial charge in [-0.15, -0.1) is 0 Å². The normalized spacial score (nSPS) is 55.3. The van der Waals surface area contributed by atoms with Crippen LogP contribution in [-0.2, 0) is 0 Å². The van der Waals surface area contributed by atoms with Crippen molar-refractivity contribution in [1.29, 1.82) is 0 Å². The van der Waals surface area contributed by atoms with Crippen molar-refractivity contribution < 1.29 is 0 Å². The Hall–Kier alpha value is 0.310. The fraction of sp³-hybridized carbons (Fsp3) is 1.00. The monoisotopic (exact) mass is 199 g/mol. The lowest BCUT2D eigenvalue weighted by molar-refractivity contribution is 0.0629. The topological polar surface area (TPSA) is 3.24 Å². The third kappa shape index (κ3) is 1.11. The lowest BCUT2D eigenvalue weighted by atomic mass is 9.60. The van der Waals surface area contributed by atoms with Crippen LogP contribution in [-0.4, -0.2) is 49.1 Å². The zero-order valence-electron chi connectivity index (χ0n) is 8.99. The van der Waals surface area contributed by atoms with Crippen LogP contribution in [0, 0.1) is 23.7 Å². The highest BCUT2D eigenvalue weighted by Crippen LogP contribution is 2.65. The molecule has 2 saturated heterocycles. The van der Waals surface area contributed by atoms with E-state index >= 15 is 0 Å². The third-order valence-corrected chi connectivity index (χ3v) is 7.11. The molecule has 3 aliphatic rings. The molecule has 4 unspecified atom stereocenters. The molecule has 2 heteroatoms. The van der Waals surface area contributed by atoms with Gasteiger partial charge in [-0.2, -0.15) is 0 Å². The van der Waals surface area contributed by atoms with Crippen LogP contribution in [0.3, 0.4) is 0 Å². The van der Waals surface area contributed by atoms with E-state index < -0.39 is 0 Å². The van der Waals surface area contributed by atoms with Crippen molar-refractivity contribution in [3.63, 3.8) is 0 Å². The van der Waals surface area contributed by atoms with Crippen molar-refractivity contribution >= 4 is 10.0 Å². The zero-order chi connectivity index (χ0) is 9.22. The molecule has 0 aromatic rings. The van der Waals surface area contributed by atoms with E-state index in [1.165, 1.54) is 13.1 Å². The van der Waals surface area contributed by atoms with Gasteiger partial charge < -0.3 is 4.90 Å². The van der Waals surface area contributed by atoms with Gasteiger partial charge in [-0.25, -0.2) is 10.0 Å². The first kappa shape index (κ1) is 8.60. The van der Waals surface area contributed by atoms with Gasteiger partial charge in [0.1, 0.15) is 0 Å². The van der Waals surface area contributed by atoms with Crippen LogP contribution in [0.25, 0.3) is 0 Å². The predicted molar refractivity (Wildman–Crippen MR) is 60.6 cm³/mol. The average molecular weight is 199 g/mol. The van der Waals surface area contributed by atoms with E-state index in [4.69, 9.17) is 0 Å². The summed E-state index contributed by atoms with van der Waals surface area (Å²) in [6.07, 6.45) is 5.09. The molecule has 0 spiro atoms. The van der Waals surface area contributed by atoms with Crippen LogP contribution in [0.5, 0.6) is 0 Å². The maximum atomic E-state index is 2.55. The van der Waals surface area contributed by atoms with Gasteiger partial charge in [0.15, 0.2) is 0 Å². The van der Waals surface area contributed by atoms with Crippen LogP contribution >= 0.6 is 10.0 Å². The molecule has 3 fully saturated rings. The summed E-state index contributed by atoms with van der Waals surface area (Å²) in [6.45, 7) is 2.81. The van der Waals surface area contributed by atoms with E-state index in [1.54, 1.807) is 11.5 Å². The SMILES string of the molecule is CN1CC2C(C1)C1CS(C)(C)CC21. The Morgan fingerprint density at radius 3 is 1.85 bits per heavy atom. The van der Waals surface area contributed by atoms with Gasteiger partial charge in [0.25, 0.3) is 0 Å². The molecule has 0 aromatic carbocycles. The average Bonchev–Trinajstić information content (AvgIpc) is 2.49. The van der Waals surface area contributed by atoms with E-state index in [9.17, 15) is 0 Å². The highest BCUT2D eigenvalue weighted by molar-refractivity contribution is 8.32. The smallest absolute Gasteiger partial charge is 0.00130 e. The van der Waals surface area contributed by atoms with Crippen LogP contribution in [0.4, 0.5) is 0 Å². The fourth-order valence-corrected chi connectivity index (χ4v) is 7.27. The van der Waals surface area contributed by atoms with Gasteiger partial charge in [0, 0.05) is 13.1 Å². The zero-order valence-corrected chi connectivity index (χ0v) is 9.81. The van der Waals surface area contributed by atoms with E-state index in [0.29, 0.717) is 0 Å². The lowest BCUT2D eigenvalue weighted by Crippen LogP contribution is -2.44. The molecular formula is C11H21NS. The summed E-state index contributed by atoms with van der Waals surface area (Å²) in [5.74, 6) is 7.66. The second-order valence-corrected chi connectivity index (χ2v) is 10.2. The lowest BCUT2D eigenvalue weighted by Gasteiger charge is -2.43. The minimum atomic E-state index is -0.160. The minimum absolute atomic E-state index is 0.160. The largest absolute Gasteiger partial charge is 0.306 e. The Balaban J connectivity index is 1.77. The van der Waals surface area contributed by atoms with Crippen molar-refractivity contribution in [2.24, 2.45) is 23.7 Å². The molecule has 0 bridgehead atoms. The highest BCUT2D eigenvalue weighted by atomic mass is 32.3. The van der Waals surface area contributed by atoms with Crippen LogP contribution in [0.2, 0.25) is 0 Å². The van der Waals surface area contributed by atoms with Crippen molar-refractivity contribution in [2.45, 2.75) is 0 Å². The second-order valence-electron chi connectivity index (χ2n) is 5.98. The van der Waals surface area contributed by atoms with E-state index in [1.807, 2.05) is 0 Å². The third-order valence-electron chi connectivity index (χ3n) is 4.53. The highest BCUT2D eigenvalue weighted by Gasteiger charge is 2.58. The van der Waals surface area contributed by atoms with E-state index in [-0.39, 0.29) is 10.0 Å². The molecule has 76 valence electrons. The van der Waals surface area contributed by atoms with Gasteiger partial charge in [-0.3, -0.25) is 0 Å². The molecule has 0 radical (unpaired) electrons. The van der Waals surface area contributed by atoms with Crippen LogP contribution < -0.4 is 0 Å². The summed E-state index contributed by atoms with van der Waals surface area (Å²) in [6, 6.07) is 0. The molecule has 2 aliphatic heterocycles. The predicted octanol–water partition coefficient (Wildman–Crippen LogP) is 1.49. The van der Waals surface area contributed by atoms with Crippen molar-refractivity contribution in [3.05, 3.63) is 0 Å². The van der Waals surface area contributed by atoms with Gasteiger partial charge in [0.2, 0.25) is 0 Å². The maximum Gasteiger partial charge on any atom is 0.00130 e. The summed E-state index contributed by atoms with van der Waals surface area (Å²) in [7, 11) is 2.14. The number of likely N-dealkylation sites (tertiary alicyclic amines) is 1. The van der Waals surface area contributed by atoms with Crippen molar-refractivity contribution in [3.8, 4) is 0 Å². The molecular weight excluding hydrogens is 178 g/mol. The first-order valence-corrected chi connectivity index (χ1v) is 8.23. The Bertz CT molecular complexity index is 216. The van der Waals surface area contributed by atoms with Crippen LogP contribution in [0.1, 0.15) is 0 Å². The fourth-order valence-electron chi connectivity index (χ4n) is 4.06. The van der Waals surface area contributed by atoms with Gasteiger partial charge in [-0.1, -0.05) is 0 Å². The number of fused-ring (bicyclic) bond motifs is 4. The number of rotatable bonds is 0. The quantitative estimate of drug-likeness (QED) is 0.571. The molecule has 0 N–H and O–H groups in total. The van der Waals surface area contributed by atoms with E-state index in [2.05, 4.69) is 24.5 Å². The summed E-state index contributed by atoms with van der Waals surface area (Å²) < 4.78 is 0. The molecule has 13 heavy (non-hydrogen) atoms. The van der Waals surface area contributed by atoms with Crippen molar-refractivity contribution in [2.75, 3.05) is 44.2 Å². The molecule has 2 heterocycles. The van der Waals surface area contributed by atoms with Crippen LogP contribution in [0.15, 0.2) is 0 Å². The Morgan fingerprint density at radius 1 is 0.923 bits per heavy atom. The number of hydrogen-bond acceptors (Lipinski definition) is 1. The summed E-state index contributed by atoms with van der Waals surface area (Å²) in [5, 5.41) is 0. The van der Waals surface area contributed by atoms with E-state index in [0.717, 1.165) is 23.7 Å².